The zero-order valence-corrected chi connectivity index (χ0v) is 7.49. The van der Waals surface area contributed by atoms with Gasteiger partial charge in [0.1, 0.15) is 10.7 Å². The van der Waals surface area contributed by atoms with E-state index in [0.717, 1.165) is 0 Å². The molecule has 1 unspecified atom stereocenters. The molecule has 0 spiro atoms. The average molecular weight is 227 g/mol. The smallest absolute Gasteiger partial charge is 0.342 e. The third-order valence-corrected chi connectivity index (χ3v) is 1.92. The molecule has 0 aliphatic carbocycles. The van der Waals surface area contributed by atoms with Crippen molar-refractivity contribution in [2.45, 2.75) is 6.35 Å². The van der Waals surface area contributed by atoms with Crippen molar-refractivity contribution in [3.8, 4) is 0 Å². The number of aliphatic imine (C=N–C) groups is 1. The first-order chi connectivity index (χ1) is 5.95. The van der Waals surface area contributed by atoms with Crippen molar-refractivity contribution < 1.29 is 20.2 Å². The third kappa shape index (κ3) is 1.75. The highest BCUT2D eigenvalue weighted by Crippen LogP contribution is 2.23. The second kappa shape index (κ2) is 3.51. The number of carbonyl (C=O) groups is 1. The summed E-state index contributed by atoms with van der Waals surface area (Å²) in [6.45, 7) is 0. The summed E-state index contributed by atoms with van der Waals surface area (Å²) in [5.74, 6) is -1.44. The Morgan fingerprint density at radius 1 is 1.54 bits per heavy atom. The largest absolute Gasteiger partial charge is 0.477 e. The Morgan fingerprint density at radius 3 is 2.54 bits per heavy atom. The minimum atomic E-state index is -1.68. The van der Waals surface area contributed by atoms with Gasteiger partial charge in [-0.2, -0.15) is 5.06 Å². The van der Waals surface area contributed by atoms with Crippen LogP contribution in [-0.4, -0.2) is 38.0 Å². The lowest BCUT2D eigenvalue weighted by molar-refractivity contribution is -0.161. The van der Waals surface area contributed by atoms with Crippen LogP contribution < -0.4 is 0 Å². The molecule has 6 nitrogen and oxygen atoms in total. The highest BCUT2D eigenvalue weighted by atomic mass is 35.5. The number of hydroxylamine groups is 2. The first kappa shape index (κ1) is 10.3. The highest BCUT2D eigenvalue weighted by molar-refractivity contribution is 6.73. The van der Waals surface area contributed by atoms with Gasteiger partial charge in [-0.3, -0.25) is 5.21 Å². The summed E-state index contributed by atoms with van der Waals surface area (Å²) < 4.78 is 0. The van der Waals surface area contributed by atoms with Gasteiger partial charge < -0.3 is 10.2 Å². The van der Waals surface area contributed by atoms with Crippen molar-refractivity contribution >= 4 is 34.3 Å². The molecular formula is C5H4Cl2N2O4. The second-order valence-electron chi connectivity index (χ2n) is 2.08. The van der Waals surface area contributed by atoms with E-state index in [4.69, 9.17) is 38.6 Å². The third-order valence-electron chi connectivity index (χ3n) is 1.28. The fourth-order valence-electron chi connectivity index (χ4n) is 0.698. The van der Waals surface area contributed by atoms with Crippen LogP contribution in [0, 0.1) is 0 Å². The van der Waals surface area contributed by atoms with Crippen LogP contribution in [0.4, 0.5) is 0 Å². The summed E-state index contributed by atoms with van der Waals surface area (Å²) in [4.78, 5) is 13.7. The van der Waals surface area contributed by atoms with E-state index in [1.807, 2.05) is 0 Å². The zero-order valence-electron chi connectivity index (χ0n) is 5.98. The van der Waals surface area contributed by atoms with Gasteiger partial charge >= 0.3 is 5.97 Å². The molecule has 0 fully saturated rings. The molecule has 0 radical (unpaired) electrons. The zero-order chi connectivity index (χ0) is 10.2. The molecule has 0 aromatic carbocycles. The van der Waals surface area contributed by atoms with E-state index in [0.29, 0.717) is 0 Å². The van der Waals surface area contributed by atoms with Crippen LogP contribution in [0.2, 0.25) is 0 Å². The van der Waals surface area contributed by atoms with Crippen LogP contribution in [0.5, 0.6) is 0 Å². The maximum absolute atomic E-state index is 10.5. The quantitative estimate of drug-likeness (QED) is 0.554. The van der Waals surface area contributed by atoms with Crippen molar-refractivity contribution in [1.82, 2.24) is 5.06 Å². The molecule has 1 rings (SSSR count). The number of aliphatic hydroxyl groups excluding tert-OH is 1. The van der Waals surface area contributed by atoms with Crippen LogP contribution in [0.3, 0.4) is 0 Å². The summed E-state index contributed by atoms with van der Waals surface area (Å²) >= 11 is 10.7. The molecule has 8 heteroatoms. The van der Waals surface area contributed by atoms with Crippen LogP contribution >= 0.6 is 23.2 Å². The summed E-state index contributed by atoms with van der Waals surface area (Å²) in [6, 6.07) is 0. The molecule has 0 amide bonds. The topological polar surface area (TPSA) is 93.4 Å². The van der Waals surface area contributed by atoms with E-state index >= 15 is 0 Å². The lowest BCUT2D eigenvalue weighted by atomic mass is 10.3. The number of carboxylic acids is 1. The number of hydrogen-bond donors (Lipinski definition) is 3. The number of hydrogen-bond acceptors (Lipinski definition) is 5. The molecule has 0 aromatic rings. The van der Waals surface area contributed by atoms with E-state index in [1.54, 1.807) is 0 Å². The molecule has 3 N–H and O–H groups in total. The number of nitrogens with zero attached hydrogens (tertiary/aromatic N) is 2. The van der Waals surface area contributed by atoms with Gasteiger partial charge in [0.05, 0.1) is 0 Å². The molecule has 72 valence electrons. The van der Waals surface area contributed by atoms with Gasteiger partial charge in [0.15, 0.2) is 5.16 Å². The molecule has 1 heterocycles. The van der Waals surface area contributed by atoms with Gasteiger partial charge in [0, 0.05) is 0 Å². The summed E-state index contributed by atoms with van der Waals surface area (Å²) in [6.07, 6.45) is -1.68. The first-order valence-electron chi connectivity index (χ1n) is 2.98. The molecule has 1 aliphatic rings. The number of aliphatic hydroxyl groups is 1. The molecule has 0 saturated carbocycles. The Hall–Kier alpha value is -0.820. The predicted molar refractivity (Wildman–Crippen MR) is 43.4 cm³/mol. The van der Waals surface area contributed by atoms with Crippen LogP contribution in [0.1, 0.15) is 0 Å². The highest BCUT2D eigenvalue weighted by Gasteiger charge is 2.30. The van der Waals surface area contributed by atoms with Gasteiger partial charge in [-0.25, -0.2) is 9.79 Å². The molecule has 1 atom stereocenters. The number of carboxylic acid groups (broad SMARTS) is 1. The number of halogens is 2. The minimum absolute atomic E-state index is 0.0941. The van der Waals surface area contributed by atoms with Crippen molar-refractivity contribution in [3.05, 3.63) is 10.7 Å². The normalized spacial score (nSPS) is 23.2. The fourth-order valence-corrected chi connectivity index (χ4v) is 1.26. The SMILES string of the molecule is O=C(O)C1=C(Cl)N(O)C(O)N=C1Cl. The van der Waals surface area contributed by atoms with E-state index in [2.05, 4.69) is 4.99 Å². The maximum Gasteiger partial charge on any atom is 0.342 e. The Bertz CT molecular complexity index is 314. The van der Waals surface area contributed by atoms with Gasteiger partial charge in [-0.05, 0) is 0 Å². The van der Waals surface area contributed by atoms with Crippen molar-refractivity contribution in [1.29, 1.82) is 0 Å². The molecule has 0 aromatic heterocycles. The maximum atomic E-state index is 10.5. The Kier molecular flexibility index (Phi) is 2.77. The first-order valence-corrected chi connectivity index (χ1v) is 3.73. The number of aliphatic carboxylic acids is 1. The summed E-state index contributed by atoms with van der Waals surface area (Å²) in [5.41, 5.74) is -0.559. The van der Waals surface area contributed by atoms with Crippen LogP contribution in [0.25, 0.3) is 0 Å². The second-order valence-corrected chi connectivity index (χ2v) is 2.80. The Labute approximate surface area is 82.3 Å². The monoisotopic (exact) mass is 226 g/mol. The van der Waals surface area contributed by atoms with E-state index in [9.17, 15) is 4.79 Å². The lowest BCUT2D eigenvalue weighted by Gasteiger charge is -2.24. The molecule has 0 saturated heterocycles. The van der Waals surface area contributed by atoms with Gasteiger partial charge in [-0.15, -0.1) is 0 Å². The molecule has 13 heavy (non-hydrogen) atoms. The van der Waals surface area contributed by atoms with Gasteiger partial charge in [0.2, 0.25) is 0 Å². The van der Waals surface area contributed by atoms with E-state index < -0.39 is 28.2 Å². The van der Waals surface area contributed by atoms with Crippen LogP contribution in [0.15, 0.2) is 15.7 Å². The van der Waals surface area contributed by atoms with Crippen molar-refractivity contribution in [2.75, 3.05) is 0 Å². The average Bonchev–Trinajstić information content (AvgIpc) is 1.99. The number of rotatable bonds is 1. The predicted octanol–water partition coefficient (Wildman–Crippen LogP) is 0.139. The summed E-state index contributed by atoms with van der Waals surface area (Å²) in [5, 5.41) is 25.5. The Morgan fingerprint density at radius 2 is 2.08 bits per heavy atom. The van der Waals surface area contributed by atoms with E-state index in [-0.39, 0.29) is 5.06 Å². The standard InChI is InChI=1S/C5H4Cl2N2O4/c6-2-1(4(10)11)3(7)9(13)5(12)8-2/h5,12-13H,(H,10,11). The minimum Gasteiger partial charge on any atom is -0.477 e. The summed E-state index contributed by atoms with van der Waals surface area (Å²) in [7, 11) is 0. The lowest BCUT2D eigenvalue weighted by Crippen LogP contribution is -2.35. The van der Waals surface area contributed by atoms with Crippen molar-refractivity contribution in [2.24, 2.45) is 4.99 Å². The van der Waals surface area contributed by atoms with Crippen LogP contribution in [-0.2, 0) is 4.79 Å². The Balaban J connectivity index is 3.17. The molecular weight excluding hydrogens is 223 g/mol. The fraction of sp³-hybridized carbons (Fsp3) is 0.200. The molecule has 0 bridgehead atoms. The van der Waals surface area contributed by atoms with E-state index in [1.165, 1.54) is 0 Å². The van der Waals surface area contributed by atoms with Gasteiger partial charge in [-0.1, -0.05) is 23.2 Å². The van der Waals surface area contributed by atoms with Crippen molar-refractivity contribution in [3.63, 3.8) is 0 Å². The molecule has 1 aliphatic heterocycles. The van der Waals surface area contributed by atoms with Gasteiger partial charge in [0.25, 0.3) is 6.35 Å².